The van der Waals surface area contributed by atoms with Gasteiger partial charge in [-0.3, -0.25) is 4.40 Å². The van der Waals surface area contributed by atoms with Crippen molar-refractivity contribution in [3.8, 4) is 11.4 Å². The lowest BCUT2D eigenvalue weighted by Gasteiger charge is -2.34. The quantitative estimate of drug-likeness (QED) is 0.764. The number of rotatable bonds is 2. The molecule has 2 atom stereocenters. The van der Waals surface area contributed by atoms with Crippen LogP contribution in [0.5, 0.6) is 0 Å². The molecule has 1 aliphatic heterocycles. The predicted molar refractivity (Wildman–Crippen MR) is 99.9 cm³/mol. The van der Waals surface area contributed by atoms with Crippen molar-refractivity contribution >= 4 is 23.2 Å². The van der Waals surface area contributed by atoms with Gasteiger partial charge in [0.25, 0.3) is 0 Å². The van der Waals surface area contributed by atoms with Gasteiger partial charge in [0.05, 0.1) is 22.6 Å². The normalized spacial score (nSPS) is 21.0. The molecule has 1 aliphatic rings. The van der Waals surface area contributed by atoms with Crippen molar-refractivity contribution in [2.75, 3.05) is 18.0 Å². The van der Waals surface area contributed by atoms with Gasteiger partial charge < -0.3 is 10.6 Å². The van der Waals surface area contributed by atoms with Gasteiger partial charge in [0, 0.05) is 31.5 Å². The minimum atomic E-state index is 0.159. The van der Waals surface area contributed by atoms with Crippen LogP contribution in [0.15, 0.2) is 30.7 Å². The standard InChI is InChI=1S/C18H21ClN6/c1-11-5-14(20)10-24(8-11)18-22-6-12(2)17(23-18)15-7-21-16-4-3-13(19)9-25(15)16/h3-4,6-7,9,11,14H,5,8,10,20H2,1-2H3. The number of anilines is 1. The lowest BCUT2D eigenvalue weighted by atomic mass is 9.97. The third kappa shape index (κ3) is 3.07. The van der Waals surface area contributed by atoms with E-state index in [9.17, 15) is 0 Å². The van der Waals surface area contributed by atoms with Crippen molar-refractivity contribution in [2.45, 2.75) is 26.3 Å². The maximum Gasteiger partial charge on any atom is 0.225 e. The third-order valence-electron chi connectivity index (χ3n) is 4.65. The zero-order valence-electron chi connectivity index (χ0n) is 14.4. The molecule has 0 spiro atoms. The lowest BCUT2D eigenvalue weighted by molar-refractivity contribution is 0.398. The second-order valence-corrected chi connectivity index (χ2v) is 7.36. The molecule has 2 N–H and O–H groups in total. The number of piperidine rings is 1. The number of aryl methyl sites for hydroxylation is 1. The molecule has 0 saturated carbocycles. The van der Waals surface area contributed by atoms with Gasteiger partial charge in [0.1, 0.15) is 5.65 Å². The third-order valence-corrected chi connectivity index (χ3v) is 4.87. The van der Waals surface area contributed by atoms with E-state index in [1.54, 1.807) is 0 Å². The summed E-state index contributed by atoms with van der Waals surface area (Å²) in [5, 5.41) is 0.662. The molecule has 1 fully saturated rings. The average Bonchev–Trinajstić information content (AvgIpc) is 2.97. The molecule has 1 saturated heterocycles. The van der Waals surface area contributed by atoms with Gasteiger partial charge in [-0.25, -0.2) is 15.0 Å². The van der Waals surface area contributed by atoms with Gasteiger partial charge in [0.15, 0.2) is 0 Å². The number of hydrogen-bond acceptors (Lipinski definition) is 5. The topological polar surface area (TPSA) is 72.3 Å². The molecular formula is C18H21ClN6. The predicted octanol–water partition coefficient (Wildman–Crippen LogP) is 2.93. The van der Waals surface area contributed by atoms with Crippen molar-refractivity contribution < 1.29 is 0 Å². The first-order valence-electron chi connectivity index (χ1n) is 8.48. The number of aromatic nitrogens is 4. The van der Waals surface area contributed by atoms with Crippen molar-refractivity contribution in [3.05, 3.63) is 41.3 Å². The maximum absolute atomic E-state index is 6.18. The summed E-state index contributed by atoms with van der Waals surface area (Å²) in [6.07, 6.45) is 6.60. The Bertz CT molecular complexity index is 911. The first-order valence-corrected chi connectivity index (χ1v) is 8.86. The fourth-order valence-corrected chi connectivity index (χ4v) is 3.70. The Hall–Kier alpha value is -2.18. The van der Waals surface area contributed by atoms with E-state index in [0.29, 0.717) is 10.9 Å². The highest BCUT2D eigenvalue weighted by molar-refractivity contribution is 6.30. The number of hydrogen-bond donors (Lipinski definition) is 1. The molecule has 2 unspecified atom stereocenters. The Kier molecular flexibility index (Phi) is 4.09. The molecule has 0 amide bonds. The number of nitrogens with two attached hydrogens (primary N) is 1. The summed E-state index contributed by atoms with van der Waals surface area (Å²) < 4.78 is 1.96. The van der Waals surface area contributed by atoms with Crippen LogP contribution >= 0.6 is 11.6 Å². The van der Waals surface area contributed by atoms with E-state index < -0.39 is 0 Å². The van der Waals surface area contributed by atoms with Crippen LogP contribution in [0, 0.1) is 12.8 Å². The number of pyridine rings is 1. The van der Waals surface area contributed by atoms with Gasteiger partial charge in [-0.15, -0.1) is 0 Å². The van der Waals surface area contributed by atoms with E-state index in [1.807, 2.05) is 42.0 Å². The SMILES string of the molecule is Cc1cnc(N2CC(C)CC(N)C2)nc1-c1cnc2ccc(Cl)cn12. The summed E-state index contributed by atoms with van der Waals surface area (Å²) in [7, 11) is 0. The van der Waals surface area contributed by atoms with Gasteiger partial charge >= 0.3 is 0 Å². The summed E-state index contributed by atoms with van der Waals surface area (Å²) in [6.45, 7) is 5.93. The van der Waals surface area contributed by atoms with Crippen molar-refractivity contribution in [1.82, 2.24) is 19.4 Å². The molecule has 4 rings (SSSR count). The van der Waals surface area contributed by atoms with Crippen LogP contribution < -0.4 is 10.6 Å². The number of halogens is 1. The van der Waals surface area contributed by atoms with E-state index in [4.69, 9.17) is 22.3 Å². The molecule has 130 valence electrons. The van der Waals surface area contributed by atoms with E-state index >= 15 is 0 Å². The Labute approximate surface area is 151 Å². The molecule has 0 aromatic carbocycles. The fourth-order valence-electron chi connectivity index (χ4n) is 3.54. The van der Waals surface area contributed by atoms with Crippen LogP contribution in [0.3, 0.4) is 0 Å². The van der Waals surface area contributed by atoms with Gasteiger partial charge in [0.2, 0.25) is 5.95 Å². The largest absolute Gasteiger partial charge is 0.339 e. The van der Waals surface area contributed by atoms with Crippen LogP contribution in [0.2, 0.25) is 5.02 Å². The highest BCUT2D eigenvalue weighted by Gasteiger charge is 2.24. The van der Waals surface area contributed by atoms with Crippen molar-refractivity contribution in [2.24, 2.45) is 11.7 Å². The number of fused-ring (bicyclic) bond motifs is 1. The van der Waals surface area contributed by atoms with Crippen LogP contribution in [0.1, 0.15) is 18.9 Å². The number of nitrogens with zero attached hydrogens (tertiary/aromatic N) is 5. The fraction of sp³-hybridized carbons (Fsp3) is 0.389. The molecule has 4 heterocycles. The van der Waals surface area contributed by atoms with E-state index in [1.165, 1.54) is 0 Å². The van der Waals surface area contributed by atoms with Gasteiger partial charge in [-0.2, -0.15) is 0 Å². The van der Waals surface area contributed by atoms with E-state index in [0.717, 1.165) is 48.1 Å². The lowest BCUT2D eigenvalue weighted by Crippen LogP contribution is -2.47. The van der Waals surface area contributed by atoms with Crippen LogP contribution in [-0.2, 0) is 0 Å². The smallest absolute Gasteiger partial charge is 0.225 e. The molecule has 3 aromatic rings. The van der Waals surface area contributed by atoms with Crippen molar-refractivity contribution in [1.29, 1.82) is 0 Å². The Morgan fingerprint density at radius 1 is 1.20 bits per heavy atom. The summed E-state index contributed by atoms with van der Waals surface area (Å²) in [6, 6.07) is 3.89. The zero-order chi connectivity index (χ0) is 17.6. The summed E-state index contributed by atoms with van der Waals surface area (Å²) in [5.41, 5.74) is 9.80. The molecule has 7 heteroatoms. The summed E-state index contributed by atoms with van der Waals surface area (Å²) >= 11 is 6.16. The zero-order valence-corrected chi connectivity index (χ0v) is 15.1. The molecule has 0 aliphatic carbocycles. The van der Waals surface area contributed by atoms with Crippen LogP contribution in [0.4, 0.5) is 5.95 Å². The van der Waals surface area contributed by atoms with Gasteiger partial charge in [-0.05, 0) is 37.0 Å². The highest BCUT2D eigenvalue weighted by Crippen LogP contribution is 2.26. The maximum atomic E-state index is 6.18. The first kappa shape index (κ1) is 16.3. The van der Waals surface area contributed by atoms with Crippen molar-refractivity contribution in [3.63, 3.8) is 0 Å². The Balaban J connectivity index is 1.78. The first-order chi connectivity index (χ1) is 12.0. The van der Waals surface area contributed by atoms with E-state index in [-0.39, 0.29) is 6.04 Å². The minimum Gasteiger partial charge on any atom is -0.339 e. The Morgan fingerprint density at radius 3 is 2.84 bits per heavy atom. The molecule has 0 bridgehead atoms. The monoisotopic (exact) mass is 356 g/mol. The second-order valence-electron chi connectivity index (χ2n) is 6.93. The molecule has 6 nitrogen and oxygen atoms in total. The molecule has 3 aromatic heterocycles. The summed E-state index contributed by atoms with van der Waals surface area (Å²) in [5.74, 6) is 1.26. The molecular weight excluding hydrogens is 336 g/mol. The minimum absolute atomic E-state index is 0.159. The molecule has 25 heavy (non-hydrogen) atoms. The second kappa shape index (κ2) is 6.28. The number of imidazole rings is 1. The van der Waals surface area contributed by atoms with E-state index in [2.05, 4.69) is 21.8 Å². The summed E-state index contributed by atoms with van der Waals surface area (Å²) in [4.78, 5) is 16.0. The Morgan fingerprint density at radius 2 is 2.04 bits per heavy atom. The van der Waals surface area contributed by atoms with Crippen LogP contribution in [0.25, 0.3) is 17.0 Å². The average molecular weight is 357 g/mol. The van der Waals surface area contributed by atoms with Gasteiger partial charge in [-0.1, -0.05) is 18.5 Å². The van der Waals surface area contributed by atoms with Crippen LogP contribution in [-0.4, -0.2) is 38.5 Å². The highest BCUT2D eigenvalue weighted by atomic mass is 35.5. The molecule has 0 radical (unpaired) electrons.